The monoisotopic (exact) mass is 368 g/mol. The first kappa shape index (κ1) is 16.8. The maximum atomic E-state index is 12.6. The Morgan fingerprint density at radius 1 is 1.12 bits per heavy atom. The van der Waals surface area contributed by atoms with Crippen molar-refractivity contribution in [1.29, 1.82) is 0 Å². The molecule has 6 heteroatoms. The maximum Gasteiger partial charge on any atom is 0.252 e. The maximum absolute atomic E-state index is 12.6. The Balaban J connectivity index is 1.70. The second-order valence-electron chi connectivity index (χ2n) is 6.68. The number of benzene rings is 2. The summed E-state index contributed by atoms with van der Waals surface area (Å²) in [6.07, 6.45) is 0.314. The normalized spacial score (nSPS) is 13.6. The second kappa shape index (κ2) is 6.29. The van der Waals surface area contributed by atoms with Gasteiger partial charge in [-0.15, -0.1) is 0 Å². The summed E-state index contributed by atoms with van der Waals surface area (Å²) in [5.41, 5.74) is 5.53. The zero-order valence-corrected chi connectivity index (χ0v) is 16.1. The van der Waals surface area contributed by atoms with Crippen LogP contribution in [-0.2, 0) is 18.3 Å². The summed E-state index contributed by atoms with van der Waals surface area (Å²) in [5.74, 6) is 1.33. The van der Waals surface area contributed by atoms with E-state index in [2.05, 4.69) is 24.0 Å². The van der Waals surface area contributed by atoms with Gasteiger partial charge in [0.25, 0.3) is 5.91 Å². The van der Waals surface area contributed by atoms with Gasteiger partial charge < -0.3 is 14.0 Å². The summed E-state index contributed by atoms with van der Waals surface area (Å²) in [5, 5.41) is 0. The number of rotatable bonds is 2. The van der Waals surface area contributed by atoms with Gasteiger partial charge in [0, 0.05) is 19.2 Å². The highest BCUT2D eigenvalue weighted by molar-refractivity contribution is 7.16. The first-order chi connectivity index (χ1) is 12.4. The summed E-state index contributed by atoms with van der Waals surface area (Å²) in [7, 11) is 1.91. The summed E-state index contributed by atoms with van der Waals surface area (Å²) < 4.78 is 13.8. The number of carbonyl (C=O) groups is 1. The van der Waals surface area contributed by atoms with Gasteiger partial charge in [-0.2, -0.15) is 4.99 Å². The molecule has 0 spiro atoms. The van der Waals surface area contributed by atoms with Crippen LogP contribution in [0.1, 0.15) is 22.3 Å². The van der Waals surface area contributed by atoms with Crippen LogP contribution in [0.4, 0.5) is 0 Å². The van der Waals surface area contributed by atoms with Gasteiger partial charge in [0.2, 0.25) is 6.79 Å². The Labute approximate surface area is 155 Å². The predicted octanol–water partition coefficient (Wildman–Crippen LogP) is 3.56. The van der Waals surface area contributed by atoms with E-state index in [9.17, 15) is 4.79 Å². The molecule has 0 saturated heterocycles. The smallest absolute Gasteiger partial charge is 0.252 e. The highest BCUT2D eigenvalue weighted by atomic mass is 32.1. The lowest BCUT2D eigenvalue weighted by molar-refractivity contribution is -0.117. The molecule has 0 bridgehead atoms. The molecular weight excluding hydrogens is 348 g/mol. The van der Waals surface area contributed by atoms with Gasteiger partial charge in [0.15, 0.2) is 16.3 Å². The molecule has 0 radical (unpaired) electrons. The van der Waals surface area contributed by atoms with E-state index in [0.29, 0.717) is 11.2 Å². The number of nitrogens with zero attached hydrogens (tertiary/aromatic N) is 2. The number of aryl methyl sites for hydroxylation is 4. The van der Waals surface area contributed by atoms with E-state index in [1.807, 2.05) is 37.6 Å². The Hall–Kier alpha value is -2.60. The van der Waals surface area contributed by atoms with Gasteiger partial charge in [-0.1, -0.05) is 29.0 Å². The van der Waals surface area contributed by atoms with E-state index >= 15 is 0 Å². The van der Waals surface area contributed by atoms with Crippen LogP contribution in [0.15, 0.2) is 29.3 Å². The third kappa shape index (κ3) is 2.90. The molecule has 0 aliphatic carbocycles. The quantitative estimate of drug-likeness (QED) is 0.695. The van der Waals surface area contributed by atoms with Crippen molar-refractivity contribution in [3.05, 3.63) is 51.3 Å². The van der Waals surface area contributed by atoms with Gasteiger partial charge in [0.1, 0.15) is 0 Å². The molecule has 4 rings (SSSR count). The second-order valence-corrected chi connectivity index (χ2v) is 7.69. The number of carbonyl (C=O) groups excluding carboxylic acids is 1. The van der Waals surface area contributed by atoms with E-state index in [1.54, 1.807) is 0 Å². The van der Waals surface area contributed by atoms with Crippen molar-refractivity contribution < 1.29 is 14.3 Å². The fraction of sp³-hybridized carbons (Fsp3) is 0.300. The molecule has 1 aliphatic heterocycles. The molecule has 2 heterocycles. The zero-order valence-electron chi connectivity index (χ0n) is 15.3. The average Bonchev–Trinajstić information content (AvgIpc) is 3.14. The van der Waals surface area contributed by atoms with Crippen LogP contribution in [0.25, 0.3) is 10.2 Å². The molecule has 2 aromatic carbocycles. The first-order valence-corrected chi connectivity index (χ1v) is 9.27. The fourth-order valence-electron chi connectivity index (χ4n) is 3.41. The van der Waals surface area contributed by atoms with Crippen molar-refractivity contribution in [1.82, 2.24) is 4.57 Å². The van der Waals surface area contributed by atoms with Crippen molar-refractivity contribution in [2.45, 2.75) is 27.2 Å². The Kier molecular flexibility index (Phi) is 4.07. The largest absolute Gasteiger partial charge is 0.454 e. The Morgan fingerprint density at radius 3 is 2.46 bits per heavy atom. The molecule has 0 saturated carbocycles. The highest BCUT2D eigenvalue weighted by Crippen LogP contribution is 2.36. The fourth-order valence-corrected chi connectivity index (χ4v) is 4.46. The molecule has 1 aromatic heterocycles. The van der Waals surface area contributed by atoms with Gasteiger partial charge >= 0.3 is 0 Å². The number of aromatic nitrogens is 1. The lowest BCUT2D eigenvalue weighted by atomic mass is 9.97. The number of fused-ring (bicyclic) bond motifs is 2. The minimum absolute atomic E-state index is 0.137. The third-order valence-electron chi connectivity index (χ3n) is 4.69. The lowest BCUT2D eigenvalue weighted by Crippen LogP contribution is -2.14. The van der Waals surface area contributed by atoms with Crippen molar-refractivity contribution >= 4 is 27.5 Å². The van der Waals surface area contributed by atoms with Crippen molar-refractivity contribution in [2.24, 2.45) is 12.0 Å². The minimum Gasteiger partial charge on any atom is -0.454 e. The molecule has 3 aromatic rings. The SMILES string of the molecule is Cc1cc(C)c(CC(=O)N=c2sc3cc4c(cc3n2C)OCO4)c(C)c1. The van der Waals surface area contributed by atoms with Crippen LogP contribution < -0.4 is 14.3 Å². The molecule has 0 N–H and O–H groups in total. The van der Waals surface area contributed by atoms with Crippen molar-refractivity contribution in [3.63, 3.8) is 0 Å². The predicted molar refractivity (Wildman–Crippen MR) is 102 cm³/mol. The molecule has 134 valence electrons. The molecule has 1 aliphatic rings. The summed E-state index contributed by atoms with van der Waals surface area (Å²) >= 11 is 1.48. The summed E-state index contributed by atoms with van der Waals surface area (Å²) in [4.78, 5) is 17.6. The van der Waals surface area contributed by atoms with E-state index in [4.69, 9.17) is 9.47 Å². The van der Waals surface area contributed by atoms with Gasteiger partial charge in [-0.05, 0) is 37.5 Å². The van der Waals surface area contributed by atoms with E-state index in [-0.39, 0.29) is 12.7 Å². The molecule has 5 nitrogen and oxygen atoms in total. The number of hydrogen-bond acceptors (Lipinski definition) is 4. The third-order valence-corrected chi connectivity index (χ3v) is 5.79. The first-order valence-electron chi connectivity index (χ1n) is 8.46. The van der Waals surface area contributed by atoms with Gasteiger partial charge in [-0.25, -0.2) is 0 Å². The van der Waals surface area contributed by atoms with Crippen LogP contribution in [-0.4, -0.2) is 17.3 Å². The number of hydrogen-bond donors (Lipinski definition) is 0. The molecule has 0 atom stereocenters. The van der Waals surface area contributed by atoms with Crippen LogP contribution >= 0.6 is 11.3 Å². The van der Waals surface area contributed by atoms with E-state index < -0.39 is 0 Å². The van der Waals surface area contributed by atoms with Crippen LogP contribution in [0.2, 0.25) is 0 Å². The molecule has 0 unspecified atom stereocenters. The number of amides is 1. The average molecular weight is 368 g/mol. The number of ether oxygens (including phenoxy) is 2. The van der Waals surface area contributed by atoms with E-state index in [1.165, 1.54) is 16.9 Å². The molecule has 1 amide bonds. The molecule has 0 fully saturated rings. The lowest BCUT2D eigenvalue weighted by Gasteiger charge is -2.09. The van der Waals surface area contributed by atoms with Crippen LogP contribution in [0.5, 0.6) is 11.5 Å². The Morgan fingerprint density at radius 2 is 1.77 bits per heavy atom. The molecule has 26 heavy (non-hydrogen) atoms. The van der Waals surface area contributed by atoms with Crippen LogP contribution in [0.3, 0.4) is 0 Å². The summed E-state index contributed by atoms with van der Waals surface area (Å²) in [6.45, 7) is 6.41. The van der Waals surface area contributed by atoms with Crippen molar-refractivity contribution in [3.8, 4) is 11.5 Å². The number of thiazole rings is 1. The molecular formula is C20H20N2O3S. The summed E-state index contributed by atoms with van der Waals surface area (Å²) in [6, 6.07) is 8.10. The van der Waals surface area contributed by atoms with E-state index in [0.717, 1.165) is 38.4 Å². The Bertz CT molecular complexity index is 1090. The van der Waals surface area contributed by atoms with Crippen molar-refractivity contribution in [2.75, 3.05) is 6.79 Å². The minimum atomic E-state index is -0.137. The van der Waals surface area contributed by atoms with Crippen LogP contribution in [0, 0.1) is 20.8 Å². The standard InChI is InChI=1S/C20H20N2O3S/c1-11-5-12(2)14(13(3)6-11)7-19(23)21-20-22(4)15-8-16-17(25-10-24-16)9-18(15)26-20/h5-6,8-9H,7,10H2,1-4H3. The zero-order chi connectivity index (χ0) is 18.4. The topological polar surface area (TPSA) is 52.8 Å². The van der Waals surface area contributed by atoms with Gasteiger partial charge in [0.05, 0.1) is 16.6 Å². The highest BCUT2D eigenvalue weighted by Gasteiger charge is 2.17. The van der Waals surface area contributed by atoms with Gasteiger partial charge in [-0.3, -0.25) is 4.79 Å².